The molecule has 152 valence electrons. The smallest absolute Gasteiger partial charge is 0.295 e. The number of hydrogen-bond donors (Lipinski definition) is 1. The zero-order valence-corrected chi connectivity index (χ0v) is 16.6. The van der Waals surface area contributed by atoms with E-state index in [1.165, 1.54) is 4.90 Å². The highest BCUT2D eigenvalue weighted by atomic mass is 16.3. The van der Waals surface area contributed by atoms with Gasteiger partial charge in [-0.2, -0.15) is 0 Å². The van der Waals surface area contributed by atoms with E-state index in [0.29, 0.717) is 25.1 Å². The van der Waals surface area contributed by atoms with Gasteiger partial charge in [-0.15, -0.1) is 0 Å². The molecule has 0 saturated carbocycles. The van der Waals surface area contributed by atoms with Crippen molar-refractivity contribution in [3.63, 3.8) is 0 Å². The number of carbonyl (C=O) groups is 2. The number of pyridine rings is 1. The number of benzene rings is 1. The normalized spacial score (nSPS) is 18.2. The number of ketones is 1. The lowest BCUT2D eigenvalue weighted by atomic mass is 9.95. The van der Waals surface area contributed by atoms with Gasteiger partial charge in [0.2, 0.25) is 0 Å². The maximum Gasteiger partial charge on any atom is 0.295 e. The predicted molar refractivity (Wildman–Crippen MR) is 111 cm³/mol. The largest absolute Gasteiger partial charge is 0.507 e. The third-order valence-corrected chi connectivity index (χ3v) is 5.26. The van der Waals surface area contributed by atoms with Gasteiger partial charge in [0.15, 0.2) is 0 Å². The van der Waals surface area contributed by atoms with Crippen LogP contribution in [-0.2, 0) is 16.1 Å². The van der Waals surface area contributed by atoms with Crippen LogP contribution in [0, 0.1) is 6.92 Å². The van der Waals surface area contributed by atoms with Gasteiger partial charge in [-0.05, 0) is 31.0 Å². The minimum Gasteiger partial charge on any atom is -0.507 e. The number of rotatable bonds is 6. The Morgan fingerprint density at radius 3 is 2.40 bits per heavy atom. The number of aliphatic hydroxyl groups excluding tert-OH is 1. The second-order valence-electron chi connectivity index (χ2n) is 7.29. The summed E-state index contributed by atoms with van der Waals surface area (Å²) in [6.45, 7) is 2.99. The van der Waals surface area contributed by atoms with Gasteiger partial charge in [0.25, 0.3) is 11.7 Å². The SMILES string of the molecule is Cc1ccc(/C(O)=C2\C(=O)C(=O)N(CCCn3ccnc3)[C@H]2c2ccncc2)cc1. The summed E-state index contributed by atoms with van der Waals surface area (Å²) in [6.07, 6.45) is 9.15. The highest BCUT2D eigenvalue weighted by Crippen LogP contribution is 2.39. The molecule has 1 saturated heterocycles. The van der Waals surface area contributed by atoms with Gasteiger partial charge in [-0.1, -0.05) is 29.8 Å². The molecule has 0 radical (unpaired) electrons. The fourth-order valence-corrected chi connectivity index (χ4v) is 3.71. The van der Waals surface area contributed by atoms with Crippen molar-refractivity contribution in [2.45, 2.75) is 25.9 Å². The zero-order valence-electron chi connectivity index (χ0n) is 16.6. The molecular formula is C23H22N4O3. The van der Waals surface area contributed by atoms with Crippen molar-refractivity contribution in [1.29, 1.82) is 0 Å². The van der Waals surface area contributed by atoms with Crippen LogP contribution in [0.3, 0.4) is 0 Å². The van der Waals surface area contributed by atoms with Crippen LogP contribution >= 0.6 is 0 Å². The molecule has 7 nitrogen and oxygen atoms in total. The monoisotopic (exact) mass is 402 g/mol. The molecule has 1 N–H and O–H groups in total. The summed E-state index contributed by atoms with van der Waals surface area (Å²) in [7, 11) is 0. The molecule has 0 unspecified atom stereocenters. The summed E-state index contributed by atoms with van der Waals surface area (Å²) in [4.78, 5) is 35.4. The van der Waals surface area contributed by atoms with E-state index in [9.17, 15) is 14.7 Å². The molecule has 1 aliphatic heterocycles. The van der Waals surface area contributed by atoms with Crippen LogP contribution in [0.5, 0.6) is 0 Å². The Labute approximate surface area is 174 Å². The summed E-state index contributed by atoms with van der Waals surface area (Å²) >= 11 is 0. The molecule has 7 heteroatoms. The summed E-state index contributed by atoms with van der Waals surface area (Å²) < 4.78 is 1.92. The Morgan fingerprint density at radius 2 is 1.73 bits per heavy atom. The molecule has 1 aliphatic rings. The average molecular weight is 402 g/mol. The van der Waals surface area contributed by atoms with Gasteiger partial charge >= 0.3 is 0 Å². The van der Waals surface area contributed by atoms with Crippen LogP contribution < -0.4 is 0 Å². The Balaban J connectivity index is 1.71. The molecule has 1 aromatic carbocycles. The lowest BCUT2D eigenvalue weighted by Crippen LogP contribution is -2.31. The third kappa shape index (κ3) is 3.74. The number of likely N-dealkylation sites (tertiary alicyclic amines) is 1. The number of nitrogens with zero attached hydrogens (tertiary/aromatic N) is 4. The minimum atomic E-state index is -0.669. The zero-order chi connectivity index (χ0) is 21.1. The van der Waals surface area contributed by atoms with E-state index >= 15 is 0 Å². The first-order chi connectivity index (χ1) is 14.6. The molecule has 1 atom stereocenters. The third-order valence-electron chi connectivity index (χ3n) is 5.26. The first-order valence-electron chi connectivity index (χ1n) is 9.77. The quantitative estimate of drug-likeness (QED) is 0.389. The summed E-state index contributed by atoms with van der Waals surface area (Å²) in [6, 6.07) is 10.1. The molecule has 0 aliphatic carbocycles. The fraction of sp³-hybridized carbons (Fsp3) is 0.217. The number of hydrogen-bond acceptors (Lipinski definition) is 5. The number of Topliss-reactive ketones (excluding diaryl/α,β-unsaturated/α-hetero) is 1. The highest BCUT2D eigenvalue weighted by Gasteiger charge is 2.45. The number of amides is 1. The van der Waals surface area contributed by atoms with Crippen molar-refractivity contribution in [2.75, 3.05) is 6.54 Å². The second kappa shape index (κ2) is 8.32. The van der Waals surface area contributed by atoms with Crippen molar-refractivity contribution in [3.8, 4) is 0 Å². The van der Waals surface area contributed by atoms with Crippen molar-refractivity contribution < 1.29 is 14.7 Å². The average Bonchev–Trinajstić information content (AvgIpc) is 3.37. The molecule has 3 heterocycles. The van der Waals surface area contributed by atoms with Gasteiger partial charge < -0.3 is 14.6 Å². The Bertz CT molecular complexity index is 1070. The lowest BCUT2D eigenvalue weighted by Gasteiger charge is -2.25. The maximum atomic E-state index is 12.9. The topological polar surface area (TPSA) is 88.3 Å². The molecule has 0 bridgehead atoms. The van der Waals surface area contributed by atoms with Gasteiger partial charge in [0.05, 0.1) is 17.9 Å². The van der Waals surface area contributed by atoms with E-state index in [-0.39, 0.29) is 11.3 Å². The predicted octanol–water partition coefficient (Wildman–Crippen LogP) is 3.10. The van der Waals surface area contributed by atoms with Gasteiger partial charge in [0.1, 0.15) is 5.76 Å². The molecular weight excluding hydrogens is 380 g/mol. The van der Waals surface area contributed by atoms with Crippen LogP contribution in [-0.4, -0.2) is 42.8 Å². The number of aromatic nitrogens is 3. The molecule has 1 amide bonds. The number of aliphatic hydroxyl groups is 1. The molecule has 30 heavy (non-hydrogen) atoms. The minimum absolute atomic E-state index is 0.109. The van der Waals surface area contributed by atoms with Crippen molar-refractivity contribution in [2.24, 2.45) is 0 Å². The number of imidazole rings is 1. The van der Waals surface area contributed by atoms with Gasteiger partial charge in [0, 0.05) is 43.4 Å². The second-order valence-corrected chi connectivity index (χ2v) is 7.29. The molecule has 1 fully saturated rings. The lowest BCUT2D eigenvalue weighted by molar-refractivity contribution is -0.139. The molecule has 4 rings (SSSR count). The van der Waals surface area contributed by atoms with Crippen LogP contribution in [0.1, 0.15) is 29.2 Å². The summed E-state index contributed by atoms with van der Waals surface area (Å²) in [5.41, 5.74) is 2.39. The maximum absolute atomic E-state index is 12.9. The van der Waals surface area contributed by atoms with E-state index in [1.54, 1.807) is 49.2 Å². The van der Waals surface area contributed by atoms with Crippen LogP contribution in [0.2, 0.25) is 0 Å². The fourth-order valence-electron chi connectivity index (χ4n) is 3.71. The number of carbonyl (C=O) groups excluding carboxylic acids is 2. The van der Waals surface area contributed by atoms with E-state index in [2.05, 4.69) is 9.97 Å². The molecule has 0 spiro atoms. The van der Waals surface area contributed by atoms with Crippen LogP contribution in [0.4, 0.5) is 0 Å². The van der Waals surface area contributed by atoms with Gasteiger partial charge in [-0.25, -0.2) is 4.98 Å². The van der Waals surface area contributed by atoms with E-state index in [1.807, 2.05) is 29.8 Å². The van der Waals surface area contributed by atoms with Crippen LogP contribution in [0.15, 0.2) is 73.1 Å². The van der Waals surface area contributed by atoms with E-state index < -0.39 is 17.7 Å². The first kappa shape index (κ1) is 19.6. The number of aryl methyl sites for hydroxylation is 2. The molecule has 3 aromatic rings. The van der Waals surface area contributed by atoms with E-state index in [0.717, 1.165) is 11.1 Å². The first-order valence-corrected chi connectivity index (χ1v) is 9.77. The van der Waals surface area contributed by atoms with Gasteiger partial charge in [-0.3, -0.25) is 14.6 Å². The Kier molecular flexibility index (Phi) is 5.43. The van der Waals surface area contributed by atoms with Crippen molar-refractivity contribution in [1.82, 2.24) is 19.4 Å². The highest BCUT2D eigenvalue weighted by molar-refractivity contribution is 6.46. The summed E-state index contributed by atoms with van der Waals surface area (Å²) in [5, 5.41) is 11.0. The van der Waals surface area contributed by atoms with Crippen molar-refractivity contribution in [3.05, 3.63) is 89.8 Å². The standard InChI is InChI=1S/C23H22N4O3/c1-16-3-5-18(6-4-16)21(28)19-20(17-7-9-24-10-8-17)27(23(30)22(19)29)13-2-12-26-14-11-25-15-26/h3-11,14-15,20,28H,2,12-13H2,1H3/b21-19+/t20-/m0/s1. The Hall–Kier alpha value is -3.74. The Morgan fingerprint density at radius 1 is 1.00 bits per heavy atom. The summed E-state index contributed by atoms with van der Waals surface area (Å²) in [5.74, 6) is -1.43. The molecule has 2 aromatic heterocycles. The van der Waals surface area contributed by atoms with Crippen molar-refractivity contribution >= 4 is 17.4 Å². The van der Waals surface area contributed by atoms with E-state index in [4.69, 9.17) is 0 Å². The van der Waals surface area contributed by atoms with Crippen LogP contribution in [0.25, 0.3) is 5.76 Å².